The zero-order valence-electron chi connectivity index (χ0n) is 14.2. The summed E-state index contributed by atoms with van der Waals surface area (Å²) < 4.78 is 5.66. The van der Waals surface area contributed by atoms with Crippen molar-refractivity contribution in [2.75, 3.05) is 24.6 Å². The first kappa shape index (κ1) is 16.8. The fraction of sp³-hybridized carbons (Fsp3) is 0.316. The number of piperidine rings is 1. The maximum atomic E-state index is 12.6. The van der Waals surface area contributed by atoms with Gasteiger partial charge in [0.25, 0.3) is 5.91 Å². The minimum Gasteiger partial charge on any atom is -0.488 e. The Balaban J connectivity index is 1.36. The number of aromatic nitrogens is 2. The molecular weight excluding hydrogens is 352 g/mol. The summed E-state index contributed by atoms with van der Waals surface area (Å²) in [6.45, 7) is 1.92. The fourth-order valence-corrected chi connectivity index (χ4v) is 3.42. The van der Waals surface area contributed by atoms with Crippen molar-refractivity contribution >= 4 is 29.5 Å². The zero-order chi connectivity index (χ0) is 17.9. The molecule has 1 aromatic heterocycles. The van der Waals surface area contributed by atoms with E-state index < -0.39 is 0 Å². The molecule has 1 fully saturated rings. The number of anilines is 1. The lowest BCUT2D eigenvalue weighted by Crippen LogP contribution is -2.46. The standard InChI is InChI=1S/C19H19ClN4O2/c20-15-2-3-17-13(11-15)10-14(12-26-17)18(25)23-16-4-8-24(9-5-16)19-21-6-1-7-22-19/h1-3,6-7,10-11,16H,4-5,8-9,12H2,(H,23,25). The first-order valence-electron chi connectivity index (χ1n) is 8.65. The molecule has 1 aromatic carbocycles. The number of halogens is 1. The van der Waals surface area contributed by atoms with E-state index in [2.05, 4.69) is 20.2 Å². The third-order valence-electron chi connectivity index (χ3n) is 4.64. The van der Waals surface area contributed by atoms with Crippen LogP contribution in [0.4, 0.5) is 5.95 Å². The molecule has 0 radical (unpaired) electrons. The van der Waals surface area contributed by atoms with Gasteiger partial charge < -0.3 is 15.0 Å². The van der Waals surface area contributed by atoms with Crippen LogP contribution in [0.3, 0.4) is 0 Å². The number of nitrogens with one attached hydrogen (secondary N) is 1. The molecule has 2 aliphatic rings. The first-order chi connectivity index (χ1) is 12.7. The smallest absolute Gasteiger partial charge is 0.250 e. The molecule has 6 nitrogen and oxygen atoms in total. The molecule has 1 N–H and O–H groups in total. The predicted octanol–water partition coefficient (Wildman–Crippen LogP) is 2.69. The Morgan fingerprint density at radius 1 is 1.23 bits per heavy atom. The highest BCUT2D eigenvalue weighted by molar-refractivity contribution is 6.30. The summed E-state index contributed by atoms with van der Waals surface area (Å²) in [6.07, 6.45) is 7.07. The van der Waals surface area contributed by atoms with E-state index in [9.17, 15) is 4.79 Å². The van der Waals surface area contributed by atoms with Crippen LogP contribution in [-0.4, -0.2) is 41.6 Å². The minimum atomic E-state index is -0.0787. The number of carbonyl (C=O) groups excluding carboxylic acids is 1. The quantitative estimate of drug-likeness (QED) is 0.899. The molecule has 0 aliphatic carbocycles. The van der Waals surface area contributed by atoms with E-state index in [1.165, 1.54) is 0 Å². The van der Waals surface area contributed by atoms with Gasteiger partial charge in [-0.05, 0) is 43.2 Å². The molecule has 2 aromatic rings. The summed E-state index contributed by atoms with van der Waals surface area (Å²) in [6, 6.07) is 7.36. The molecule has 0 atom stereocenters. The molecule has 26 heavy (non-hydrogen) atoms. The van der Waals surface area contributed by atoms with Crippen molar-refractivity contribution in [2.24, 2.45) is 0 Å². The van der Waals surface area contributed by atoms with Gasteiger partial charge in [-0.25, -0.2) is 9.97 Å². The summed E-state index contributed by atoms with van der Waals surface area (Å²) in [5.74, 6) is 1.42. The second-order valence-corrected chi connectivity index (χ2v) is 6.86. The largest absolute Gasteiger partial charge is 0.488 e. The van der Waals surface area contributed by atoms with E-state index in [4.69, 9.17) is 16.3 Å². The van der Waals surface area contributed by atoms with Crippen molar-refractivity contribution in [1.29, 1.82) is 0 Å². The number of hydrogen-bond acceptors (Lipinski definition) is 5. The van der Waals surface area contributed by atoms with E-state index in [-0.39, 0.29) is 18.6 Å². The summed E-state index contributed by atoms with van der Waals surface area (Å²) in [7, 11) is 0. The minimum absolute atomic E-state index is 0.0787. The SMILES string of the molecule is O=C(NC1CCN(c2ncccn2)CC1)C1=Cc2cc(Cl)ccc2OC1. The van der Waals surface area contributed by atoms with Crippen LogP contribution in [-0.2, 0) is 4.79 Å². The third kappa shape index (κ3) is 3.65. The van der Waals surface area contributed by atoms with Crippen molar-refractivity contribution < 1.29 is 9.53 Å². The average Bonchev–Trinajstić information content (AvgIpc) is 2.68. The lowest BCUT2D eigenvalue weighted by atomic mass is 10.0. The van der Waals surface area contributed by atoms with Crippen LogP contribution in [0.2, 0.25) is 5.02 Å². The van der Waals surface area contributed by atoms with Crippen LogP contribution in [0.15, 0.2) is 42.2 Å². The molecular formula is C19H19ClN4O2. The maximum absolute atomic E-state index is 12.6. The summed E-state index contributed by atoms with van der Waals surface area (Å²) in [4.78, 5) is 23.3. The Bertz CT molecular complexity index is 833. The van der Waals surface area contributed by atoms with E-state index in [1.54, 1.807) is 18.5 Å². The number of carbonyl (C=O) groups is 1. The van der Waals surface area contributed by atoms with Crippen molar-refractivity contribution in [1.82, 2.24) is 15.3 Å². The molecule has 0 unspecified atom stereocenters. The molecule has 3 heterocycles. The Kier molecular flexibility index (Phi) is 4.75. The van der Waals surface area contributed by atoms with Gasteiger partial charge in [0.2, 0.25) is 5.95 Å². The maximum Gasteiger partial charge on any atom is 0.250 e. The third-order valence-corrected chi connectivity index (χ3v) is 4.88. The van der Waals surface area contributed by atoms with Gasteiger partial charge in [-0.15, -0.1) is 0 Å². The number of nitrogens with zero attached hydrogens (tertiary/aromatic N) is 3. The molecule has 1 saturated heterocycles. The molecule has 0 spiro atoms. The van der Waals surface area contributed by atoms with Crippen LogP contribution in [0, 0.1) is 0 Å². The van der Waals surface area contributed by atoms with Crippen molar-refractivity contribution in [3.63, 3.8) is 0 Å². The monoisotopic (exact) mass is 370 g/mol. The van der Waals surface area contributed by atoms with Crippen LogP contribution < -0.4 is 15.0 Å². The van der Waals surface area contributed by atoms with Gasteiger partial charge in [-0.1, -0.05) is 11.6 Å². The van der Waals surface area contributed by atoms with E-state index in [1.807, 2.05) is 24.3 Å². The van der Waals surface area contributed by atoms with E-state index in [0.717, 1.165) is 43.2 Å². The lowest BCUT2D eigenvalue weighted by Gasteiger charge is -2.32. The van der Waals surface area contributed by atoms with Crippen LogP contribution in [0.25, 0.3) is 6.08 Å². The van der Waals surface area contributed by atoms with Crippen LogP contribution in [0.1, 0.15) is 18.4 Å². The first-order valence-corrected chi connectivity index (χ1v) is 9.02. The molecule has 1 amide bonds. The Morgan fingerprint density at radius 2 is 2.00 bits per heavy atom. The molecule has 4 rings (SSSR count). The number of amides is 1. The Hall–Kier alpha value is -2.60. The molecule has 2 aliphatic heterocycles. The predicted molar refractivity (Wildman–Crippen MR) is 100 cm³/mol. The van der Waals surface area contributed by atoms with Gasteiger partial charge in [0.1, 0.15) is 12.4 Å². The van der Waals surface area contributed by atoms with Crippen LogP contribution in [0.5, 0.6) is 5.75 Å². The number of ether oxygens (including phenoxy) is 1. The highest BCUT2D eigenvalue weighted by atomic mass is 35.5. The fourth-order valence-electron chi connectivity index (χ4n) is 3.24. The van der Waals surface area contributed by atoms with Gasteiger partial charge >= 0.3 is 0 Å². The number of fused-ring (bicyclic) bond motifs is 1. The molecule has 7 heteroatoms. The number of rotatable bonds is 3. The van der Waals surface area contributed by atoms with Gasteiger partial charge in [-0.3, -0.25) is 4.79 Å². The van der Waals surface area contributed by atoms with Crippen molar-refractivity contribution in [2.45, 2.75) is 18.9 Å². The lowest BCUT2D eigenvalue weighted by molar-refractivity contribution is -0.118. The highest BCUT2D eigenvalue weighted by Gasteiger charge is 2.24. The Labute approximate surface area is 156 Å². The summed E-state index contributed by atoms with van der Waals surface area (Å²) in [5.41, 5.74) is 1.46. The Morgan fingerprint density at radius 3 is 2.77 bits per heavy atom. The molecule has 0 saturated carbocycles. The van der Waals surface area contributed by atoms with E-state index >= 15 is 0 Å². The van der Waals surface area contributed by atoms with Gasteiger partial charge in [-0.2, -0.15) is 0 Å². The second-order valence-electron chi connectivity index (χ2n) is 6.42. The van der Waals surface area contributed by atoms with Crippen molar-refractivity contribution in [3.05, 3.63) is 52.8 Å². The normalized spacial score (nSPS) is 17.1. The van der Waals surface area contributed by atoms with Gasteiger partial charge in [0.05, 0.1) is 5.57 Å². The van der Waals surface area contributed by atoms with Crippen LogP contribution >= 0.6 is 11.6 Å². The van der Waals surface area contributed by atoms with Gasteiger partial charge in [0, 0.05) is 42.1 Å². The summed E-state index contributed by atoms with van der Waals surface area (Å²) >= 11 is 6.02. The molecule has 0 bridgehead atoms. The average molecular weight is 371 g/mol. The van der Waals surface area contributed by atoms with E-state index in [0.29, 0.717) is 10.6 Å². The van der Waals surface area contributed by atoms with Crippen molar-refractivity contribution in [3.8, 4) is 5.75 Å². The molecule has 134 valence electrons. The second kappa shape index (κ2) is 7.33. The van der Waals surface area contributed by atoms with Gasteiger partial charge in [0.15, 0.2) is 0 Å². The number of benzene rings is 1. The topological polar surface area (TPSA) is 67.4 Å². The zero-order valence-corrected chi connectivity index (χ0v) is 14.9. The summed E-state index contributed by atoms with van der Waals surface area (Å²) in [5, 5.41) is 3.74. The number of hydrogen-bond donors (Lipinski definition) is 1. The highest BCUT2D eigenvalue weighted by Crippen LogP contribution is 2.29.